The number of hydrogen-bond acceptors (Lipinski definition) is 6. The van der Waals surface area contributed by atoms with E-state index < -0.39 is 86.5 Å². The second kappa shape index (κ2) is 30.5. The lowest BCUT2D eigenvalue weighted by Gasteiger charge is -2.61. The molecule has 4 aliphatic heterocycles. The summed E-state index contributed by atoms with van der Waals surface area (Å²) in [7, 11) is 0. The van der Waals surface area contributed by atoms with Crippen LogP contribution >= 0.6 is 0 Å². The molecular formula is C107H82F8N10. The third-order valence-corrected chi connectivity index (χ3v) is 28.2. The van der Waals surface area contributed by atoms with E-state index in [4.69, 9.17) is 19.9 Å². The number of nitrogens with one attached hydrogen (secondary N) is 6. The van der Waals surface area contributed by atoms with E-state index in [0.29, 0.717) is 117 Å². The van der Waals surface area contributed by atoms with Crippen molar-refractivity contribution in [1.29, 1.82) is 0 Å². The van der Waals surface area contributed by atoms with Gasteiger partial charge >= 0.3 is 0 Å². The highest BCUT2D eigenvalue weighted by molar-refractivity contribution is 6.03. The molecule has 4 saturated carbocycles. The molecule has 0 saturated heterocycles. The first-order valence-corrected chi connectivity index (χ1v) is 42.9. The van der Waals surface area contributed by atoms with Crippen molar-refractivity contribution in [1.82, 2.24) is 39.9 Å². The van der Waals surface area contributed by atoms with Crippen molar-refractivity contribution in [2.45, 2.75) is 83.7 Å². The van der Waals surface area contributed by atoms with Gasteiger partial charge < -0.3 is 30.6 Å². The smallest absolute Gasteiger partial charge is 0.185 e. The minimum Gasteiger partial charge on any atom is -0.377 e. The maximum Gasteiger partial charge on any atom is 0.185 e. The molecule has 6 aromatic heterocycles. The van der Waals surface area contributed by atoms with Gasteiger partial charge in [0, 0.05) is 101 Å². The fourth-order valence-electron chi connectivity index (χ4n) is 22.3. The zero-order valence-corrected chi connectivity index (χ0v) is 68.2. The van der Waals surface area contributed by atoms with Gasteiger partial charge in [0.2, 0.25) is 0 Å². The first kappa shape index (κ1) is 77.1. The van der Waals surface area contributed by atoms with Crippen LogP contribution in [0.25, 0.3) is 182 Å². The summed E-state index contributed by atoms with van der Waals surface area (Å²) in [4.78, 5) is 35.2. The van der Waals surface area contributed by atoms with Crippen molar-refractivity contribution >= 4 is 104 Å². The molecule has 4 fully saturated rings. The number of rotatable bonds is 12. The molecule has 0 unspecified atom stereocenters. The molecule has 125 heavy (non-hydrogen) atoms. The lowest BCUT2D eigenvalue weighted by Crippen LogP contribution is -2.55. The topological polar surface area (TPSA) is 139 Å². The molecule has 0 radical (unpaired) electrons. The summed E-state index contributed by atoms with van der Waals surface area (Å²) in [5.74, 6) is -12.1. The molecule has 14 aromatic rings. The fourth-order valence-corrected chi connectivity index (χ4v) is 22.3. The quantitative estimate of drug-likeness (QED) is 0.0532. The average molecular weight is 1660 g/mol. The summed E-state index contributed by atoms with van der Waals surface area (Å²) in [6.45, 7) is 4.44. The Morgan fingerprint density at radius 1 is 0.264 bits per heavy atom. The van der Waals surface area contributed by atoms with Gasteiger partial charge in [0.1, 0.15) is 11.4 Å². The summed E-state index contributed by atoms with van der Waals surface area (Å²) in [5.41, 5.74) is 12.4. The average Bonchev–Trinajstić information content (AvgIpc) is 1.69. The molecule has 0 spiro atoms. The number of halogens is 8. The van der Waals surface area contributed by atoms with Gasteiger partial charge in [0.15, 0.2) is 46.5 Å². The van der Waals surface area contributed by atoms with Crippen LogP contribution in [0.2, 0.25) is 0 Å². The number of benzene rings is 8. The Bertz CT molecular complexity index is 7130. The molecule has 16 bridgehead atoms. The summed E-state index contributed by atoms with van der Waals surface area (Å²) in [6.07, 6.45) is 20.2. The molecule has 8 atom stereocenters. The van der Waals surface area contributed by atoms with Crippen molar-refractivity contribution in [3.63, 3.8) is 0 Å². The van der Waals surface area contributed by atoms with E-state index >= 15 is 35.1 Å². The van der Waals surface area contributed by atoms with Crippen molar-refractivity contribution in [3.05, 3.63) is 323 Å². The highest BCUT2D eigenvalue weighted by Gasteiger charge is 2.61. The predicted molar refractivity (Wildman–Crippen MR) is 487 cm³/mol. The molecule has 0 amide bonds. The second-order valence-electron chi connectivity index (χ2n) is 34.8. The monoisotopic (exact) mass is 1660 g/mol. The number of anilines is 2. The largest absolute Gasteiger partial charge is 0.377 e. The second-order valence-corrected chi connectivity index (χ2v) is 34.8. The predicted octanol–water partition coefficient (Wildman–Crippen LogP) is 28.4. The SMILES string of the molecule is C[C@]12CC[C@H](Nc3c(F)c(F)c(-c4c5nc(c(-c6ccccc6)c6ccc([nH]6)c(-c6ccccc6)c6nc(c(-c7ccccc7)c7ccc4[nH]7)C=C6)C=C5)c(F)c3F)C[C@@H]1CC[C@@H]1[C@@H]2CC[C@]2(C)[C@@H](Nc3c(F)c(F)c(-c4c5nc(c(-c6ccccc6)c6ccc([nH]6)c(-c6ccccc6)c6nc(c(-c7ccccc7)c7ccc4[nH]7)C=C6)C=C5)c(F)c3F)CC[C@@H]12. The molecule has 10 heterocycles. The Kier molecular flexibility index (Phi) is 18.8. The lowest BCUT2D eigenvalue weighted by atomic mass is 9.45. The molecule has 4 aliphatic carbocycles. The lowest BCUT2D eigenvalue weighted by molar-refractivity contribution is -0.106. The van der Waals surface area contributed by atoms with Crippen LogP contribution in [0, 0.1) is 81.0 Å². The van der Waals surface area contributed by atoms with Crippen LogP contribution in [-0.4, -0.2) is 52.0 Å². The molecule has 616 valence electrons. The van der Waals surface area contributed by atoms with E-state index in [1.807, 2.05) is 231 Å². The first-order chi connectivity index (χ1) is 61.0. The summed E-state index contributed by atoms with van der Waals surface area (Å²) in [6, 6.07) is 72.1. The van der Waals surface area contributed by atoms with Gasteiger partial charge in [0.25, 0.3) is 0 Å². The van der Waals surface area contributed by atoms with E-state index in [-0.39, 0.29) is 62.6 Å². The van der Waals surface area contributed by atoms with Crippen LogP contribution < -0.4 is 10.6 Å². The molecule has 8 aliphatic rings. The van der Waals surface area contributed by atoms with Gasteiger partial charge in [-0.25, -0.2) is 55.1 Å². The summed E-state index contributed by atoms with van der Waals surface area (Å²) in [5, 5.41) is 6.16. The molecule has 6 N–H and O–H groups in total. The van der Waals surface area contributed by atoms with Crippen LogP contribution in [0.5, 0.6) is 0 Å². The van der Waals surface area contributed by atoms with Gasteiger partial charge in [-0.1, -0.05) is 196 Å². The van der Waals surface area contributed by atoms with Crippen LogP contribution in [0.15, 0.2) is 231 Å². The van der Waals surface area contributed by atoms with E-state index in [1.54, 1.807) is 48.6 Å². The van der Waals surface area contributed by atoms with E-state index in [0.717, 1.165) is 74.8 Å². The molecule has 18 heteroatoms. The zero-order chi connectivity index (χ0) is 84.7. The first-order valence-electron chi connectivity index (χ1n) is 42.9. The fraction of sp³-hybridized carbons (Fsp3) is 0.178. The Labute approximate surface area is 715 Å². The normalized spacial score (nSPS) is 20.4. The molecule has 8 aromatic carbocycles. The van der Waals surface area contributed by atoms with E-state index in [1.165, 1.54) is 0 Å². The van der Waals surface area contributed by atoms with Gasteiger partial charge in [-0.05, 0) is 223 Å². The highest BCUT2D eigenvalue weighted by atomic mass is 19.2. The Morgan fingerprint density at radius 2 is 0.528 bits per heavy atom. The maximum atomic E-state index is 18.0. The van der Waals surface area contributed by atoms with Crippen LogP contribution in [-0.2, 0) is 0 Å². The Hall–Kier alpha value is -14.0. The van der Waals surface area contributed by atoms with Crippen LogP contribution in [0.1, 0.15) is 117 Å². The van der Waals surface area contributed by atoms with E-state index in [2.05, 4.69) is 44.4 Å². The van der Waals surface area contributed by atoms with Gasteiger partial charge in [0.05, 0.1) is 56.7 Å². The third kappa shape index (κ3) is 12.8. The zero-order valence-electron chi connectivity index (χ0n) is 68.2. The van der Waals surface area contributed by atoms with Gasteiger partial charge in [-0.3, -0.25) is 0 Å². The van der Waals surface area contributed by atoms with Gasteiger partial charge in [-0.15, -0.1) is 0 Å². The number of aromatic nitrogens is 8. The summed E-state index contributed by atoms with van der Waals surface area (Å²) < 4.78 is 143. The van der Waals surface area contributed by atoms with Crippen LogP contribution in [0.4, 0.5) is 46.5 Å². The Balaban J connectivity index is 0.571. The number of H-pyrrole nitrogens is 4. The number of nitrogens with zero attached hydrogens (tertiary/aromatic N) is 4. The number of aromatic amines is 4. The Morgan fingerprint density at radius 3 is 0.832 bits per heavy atom. The van der Waals surface area contributed by atoms with Crippen LogP contribution in [0.3, 0.4) is 0 Å². The maximum absolute atomic E-state index is 18.0. The van der Waals surface area contributed by atoms with Crippen molar-refractivity contribution < 1.29 is 35.1 Å². The minimum absolute atomic E-state index is 0.0564. The van der Waals surface area contributed by atoms with Crippen molar-refractivity contribution in [2.24, 2.45) is 34.5 Å². The number of fused-ring (bicyclic) bond motifs is 21. The standard InChI is InChI=1S/C107H82F8N10/c1-106-55-53-65(116-104-100(112)96(108)94(97(109)101(104)113)92-81-48-44-77(121-81)88(60-25-13-5-14-26-60)73-40-36-69(117-73)86(58-21-9-3-10-22-58)70-37-41-74(118-70)89(61-27-15-6-16-28-61)78-45-49-82(92)122-78)57-64(106)33-34-66-67-35-52-85(107(67,2)56-54-68(66)106)125-105-102(114)98(110)95(99(111)103(105)115)93-83-50-46-79(123-83)90(62-29-17-7-18-30-62)75-42-38-71(119-75)87(59-23-11-4-12-24-59)72-39-43-76(120-72)91(63-31-19-8-20-32-63)80-47-51-84(93)124-80/h3-32,36-51,64-68,85,116-117,119,122,124-125H,33-35,52-57H2,1-2H3/t64-,65-,66-,67-,68-,85-,106-,107-/m0/s1. The van der Waals surface area contributed by atoms with E-state index in [9.17, 15) is 0 Å². The molecule has 10 nitrogen and oxygen atoms in total. The van der Waals surface area contributed by atoms with Gasteiger partial charge in [-0.2, -0.15) is 0 Å². The molecule has 22 rings (SSSR count). The highest BCUT2D eigenvalue weighted by Crippen LogP contribution is 2.67. The summed E-state index contributed by atoms with van der Waals surface area (Å²) >= 11 is 0. The third-order valence-electron chi connectivity index (χ3n) is 28.2. The minimum atomic E-state index is -1.59. The molecular weight excluding hydrogens is 1580 g/mol. The van der Waals surface area contributed by atoms with Crippen molar-refractivity contribution in [3.8, 4) is 89.0 Å². The number of hydrogen-bond donors (Lipinski definition) is 6. The van der Waals surface area contributed by atoms with Crippen molar-refractivity contribution in [2.75, 3.05) is 10.6 Å².